The fourth-order valence-electron chi connectivity index (χ4n) is 1.85. The molecule has 20 heavy (non-hydrogen) atoms. The number of methoxy groups -OCH3 is 1. The molecule has 0 aliphatic heterocycles. The summed E-state index contributed by atoms with van der Waals surface area (Å²) in [6.45, 7) is 7.79. The first-order chi connectivity index (χ1) is 9.33. The van der Waals surface area contributed by atoms with E-state index in [0.29, 0.717) is 11.4 Å². The van der Waals surface area contributed by atoms with Crippen LogP contribution in [-0.2, 0) is 9.53 Å². The average molecular weight is 280 g/mol. The molecule has 1 unspecified atom stereocenters. The summed E-state index contributed by atoms with van der Waals surface area (Å²) in [5.41, 5.74) is 7.18. The first kappa shape index (κ1) is 16.1. The minimum Gasteiger partial charge on any atom is -0.491 e. The normalized spacial score (nSPS) is 12.3. The number of benzene rings is 1. The highest BCUT2D eigenvalue weighted by Gasteiger charge is 2.23. The lowest BCUT2D eigenvalue weighted by Crippen LogP contribution is -2.35. The summed E-state index contributed by atoms with van der Waals surface area (Å²) in [5, 5.41) is 3.15. The van der Waals surface area contributed by atoms with Crippen molar-refractivity contribution in [2.45, 2.75) is 39.8 Å². The molecule has 0 amide bonds. The van der Waals surface area contributed by atoms with Gasteiger partial charge in [0.15, 0.2) is 0 Å². The minimum atomic E-state index is -0.423. The molecule has 0 aliphatic carbocycles. The van der Waals surface area contributed by atoms with Crippen LogP contribution < -0.4 is 15.8 Å². The van der Waals surface area contributed by atoms with Crippen LogP contribution in [0.25, 0.3) is 0 Å². The van der Waals surface area contributed by atoms with Crippen molar-refractivity contribution in [2.75, 3.05) is 18.2 Å². The number of hydrogen-bond acceptors (Lipinski definition) is 5. The summed E-state index contributed by atoms with van der Waals surface area (Å²) in [6, 6.07) is 4.93. The van der Waals surface area contributed by atoms with Crippen molar-refractivity contribution in [3.05, 3.63) is 18.2 Å². The molecule has 0 radical (unpaired) electrons. The molecule has 0 aliphatic rings. The van der Waals surface area contributed by atoms with Crippen molar-refractivity contribution in [3.8, 4) is 5.75 Å². The largest absolute Gasteiger partial charge is 0.491 e. The van der Waals surface area contributed by atoms with Crippen molar-refractivity contribution in [1.82, 2.24) is 0 Å². The Morgan fingerprint density at radius 3 is 2.35 bits per heavy atom. The van der Waals surface area contributed by atoms with Crippen LogP contribution in [0.15, 0.2) is 18.2 Å². The number of carbonyl (C=O) groups is 1. The second-order valence-corrected chi connectivity index (χ2v) is 5.35. The van der Waals surface area contributed by atoms with E-state index >= 15 is 0 Å². The molecule has 0 saturated carbocycles. The van der Waals surface area contributed by atoms with Crippen LogP contribution in [0.4, 0.5) is 11.4 Å². The molecule has 112 valence electrons. The monoisotopic (exact) mass is 280 g/mol. The lowest BCUT2D eigenvalue weighted by Gasteiger charge is -2.22. The molecule has 1 aromatic rings. The molecule has 1 aromatic carbocycles. The van der Waals surface area contributed by atoms with E-state index in [1.165, 1.54) is 7.11 Å². The SMILES string of the molecule is COC(=O)C(Nc1cc(N)cc(OC(C)C)c1)C(C)C. The fraction of sp³-hybridized carbons (Fsp3) is 0.533. The number of nitrogen functional groups attached to an aromatic ring is 1. The van der Waals surface area contributed by atoms with E-state index < -0.39 is 6.04 Å². The summed E-state index contributed by atoms with van der Waals surface area (Å²) in [4.78, 5) is 11.8. The molecular weight excluding hydrogens is 256 g/mol. The third-order valence-corrected chi connectivity index (χ3v) is 2.74. The molecule has 0 fully saturated rings. The number of carbonyl (C=O) groups excluding carboxylic acids is 1. The highest BCUT2D eigenvalue weighted by atomic mass is 16.5. The van der Waals surface area contributed by atoms with Crippen molar-refractivity contribution in [3.63, 3.8) is 0 Å². The Balaban J connectivity index is 2.95. The predicted molar refractivity (Wildman–Crippen MR) is 80.9 cm³/mol. The molecule has 0 bridgehead atoms. The lowest BCUT2D eigenvalue weighted by atomic mass is 10.0. The highest BCUT2D eigenvalue weighted by Crippen LogP contribution is 2.25. The van der Waals surface area contributed by atoms with Gasteiger partial charge in [-0.2, -0.15) is 0 Å². The summed E-state index contributed by atoms with van der Waals surface area (Å²) in [5.74, 6) is 0.474. The van der Waals surface area contributed by atoms with Gasteiger partial charge in [-0.25, -0.2) is 4.79 Å². The van der Waals surface area contributed by atoms with Crippen LogP contribution in [0.2, 0.25) is 0 Å². The topological polar surface area (TPSA) is 73.6 Å². The van der Waals surface area contributed by atoms with E-state index in [4.69, 9.17) is 15.2 Å². The van der Waals surface area contributed by atoms with Crippen LogP contribution >= 0.6 is 0 Å². The molecule has 0 saturated heterocycles. The summed E-state index contributed by atoms with van der Waals surface area (Å²) in [7, 11) is 1.38. The van der Waals surface area contributed by atoms with E-state index in [0.717, 1.165) is 5.69 Å². The second kappa shape index (κ2) is 7.03. The molecule has 3 N–H and O–H groups in total. The fourth-order valence-corrected chi connectivity index (χ4v) is 1.85. The molecule has 1 rings (SSSR count). The van der Waals surface area contributed by atoms with Crippen molar-refractivity contribution in [1.29, 1.82) is 0 Å². The first-order valence-electron chi connectivity index (χ1n) is 6.75. The molecule has 1 atom stereocenters. The maximum absolute atomic E-state index is 11.8. The van der Waals surface area contributed by atoms with Gasteiger partial charge in [0, 0.05) is 23.5 Å². The molecule has 0 spiro atoms. The van der Waals surface area contributed by atoms with Gasteiger partial charge >= 0.3 is 5.97 Å². The number of nitrogens with one attached hydrogen (secondary N) is 1. The van der Waals surface area contributed by atoms with Crippen LogP contribution in [0, 0.1) is 5.92 Å². The van der Waals surface area contributed by atoms with Crippen LogP contribution in [0.5, 0.6) is 5.75 Å². The van der Waals surface area contributed by atoms with Crippen LogP contribution in [0.3, 0.4) is 0 Å². The van der Waals surface area contributed by atoms with E-state index in [-0.39, 0.29) is 18.0 Å². The standard InChI is InChI=1S/C15H24N2O3/c1-9(2)14(15(18)19-5)17-12-6-11(16)7-13(8-12)20-10(3)4/h6-10,14,17H,16H2,1-5H3. The lowest BCUT2D eigenvalue weighted by molar-refractivity contribution is -0.142. The zero-order valence-corrected chi connectivity index (χ0v) is 12.8. The third-order valence-electron chi connectivity index (χ3n) is 2.74. The summed E-state index contributed by atoms with van der Waals surface area (Å²) < 4.78 is 10.4. The van der Waals surface area contributed by atoms with Gasteiger partial charge in [-0.3, -0.25) is 0 Å². The smallest absolute Gasteiger partial charge is 0.328 e. The van der Waals surface area contributed by atoms with Gasteiger partial charge in [-0.05, 0) is 25.8 Å². The van der Waals surface area contributed by atoms with Crippen molar-refractivity contribution >= 4 is 17.3 Å². The van der Waals surface area contributed by atoms with E-state index in [1.54, 1.807) is 12.1 Å². The van der Waals surface area contributed by atoms with Crippen LogP contribution in [0.1, 0.15) is 27.7 Å². The molecule has 0 aromatic heterocycles. The van der Waals surface area contributed by atoms with E-state index in [2.05, 4.69) is 5.32 Å². The molecule has 5 nitrogen and oxygen atoms in total. The van der Waals surface area contributed by atoms with Crippen molar-refractivity contribution in [2.24, 2.45) is 5.92 Å². The summed E-state index contributed by atoms with van der Waals surface area (Å²) >= 11 is 0. The Morgan fingerprint density at radius 2 is 1.85 bits per heavy atom. The Bertz CT molecular complexity index is 458. The highest BCUT2D eigenvalue weighted by molar-refractivity contribution is 5.80. The number of anilines is 2. The first-order valence-corrected chi connectivity index (χ1v) is 6.75. The van der Waals surface area contributed by atoms with Gasteiger partial charge in [0.25, 0.3) is 0 Å². The van der Waals surface area contributed by atoms with Crippen molar-refractivity contribution < 1.29 is 14.3 Å². The third kappa shape index (κ3) is 4.64. The van der Waals surface area contributed by atoms with Gasteiger partial charge in [0.05, 0.1) is 13.2 Å². The number of rotatable bonds is 6. The molecule has 5 heteroatoms. The Kier molecular flexibility index (Phi) is 5.67. The number of hydrogen-bond donors (Lipinski definition) is 2. The maximum Gasteiger partial charge on any atom is 0.328 e. The molecular formula is C15H24N2O3. The maximum atomic E-state index is 11.8. The molecule has 0 heterocycles. The Morgan fingerprint density at radius 1 is 1.20 bits per heavy atom. The van der Waals surface area contributed by atoms with Gasteiger partial charge in [-0.15, -0.1) is 0 Å². The van der Waals surface area contributed by atoms with E-state index in [1.807, 2.05) is 33.8 Å². The number of esters is 1. The zero-order chi connectivity index (χ0) is 15.3. The van der Waals surface area contributed by atoms with Gasteiger partial charge in [-0.1, -0.05) is 13.8 Å². The Hall–Kier alpha value is -1.91. The summed E-state index contributed by atoms with van der Waals surface area (Å²) in [6.07, 6.45) is 0.0613. The quantitative estimate of drug-likeness (QED) is 0.619. The second-order valence-electron chi connectivity index (χ2n) is 5.35. The Labute approximate surface area is 120 Å². The minimum absolute atomic E-state index is 0.0613. The van der Waals surface area contributed by atoms with Gasteiger partial charge < -0.3 is 20.5 Å². The number of ether oxygens (including phenoxy) is 2. The average Bonchev–Trinajstić information content (AvgIpc) is 2.33. The zero-order valence-electron chi connectivity index (χ0n) is 12.8. The van der Waals surface area contributed by atoms with Crippen LogP contribution in [-0.4, -0.2) is 25.2 Å². The van der Waals surface area contributed by atoms with E-state index in [9.17, 15) is 4.79 Å². The van der Waals surface area contributed by atoms with Gasteiger partial charge in [0.1, 0.15) is 11.8 Å². The number of nitrogens with two attached hydrogens (primary N) is 1. The van der Waals surface area contributed by atoms with Gasteiger partial charge in [0.2, 0.25) is 0 Å². The predicted octanol–water partition coefficient (Wildman–Crippen LogP) is 2.67.